The van der Waals surface area contributed by atoms with Crippen LogP contribution >= 0.6 is 11.8 Å². The topological polar surface area (TPSA) is 98.1 Å². The zero-order chi connectivity index (χ0) is 24.6. The van der Waals surface area contributed by atoms with E-state index in [1.54, 1.807) is 24.3 Å². The first kappa shape index (κ1) is 24.0. The van der Waals surface area contributed by atoms with Crippen molar-refractivity contribution >= 4 is 23.6 Å². The van der Waals surface area contributed by atoms with Crippen LogP contribution in [0.25, 0.3) is 17.1 Å². The summed E-state index contributed by atoms with van der Waals surface area (Å²) in [6.45, 7) is 4.54. The lowest BCUT2D eigenvalue weighted by atomic mass is 10.1. The van der Waals surface area contributed by atoms with Gasteiger partial charge in [0.05, 0.1) is 12.4 Å². The standard InChI is InChI=1S/C26H25N5O3S/c1-3-34-22-14-12-21(13-15-22)31-24(20-11-7-8-18(2)16-20)28-30-26(31)35-17-23(32)27-29-25(33)19-9-5-4-6-10-19/h4-16H,3,17H2,1-2H3,(H,27,32)(H,29,33). The number of benzene rings is 3. The van der Waals surface area contributed by atoms with Crippen LogP contribution < -0.4 is 15.6 Å². The summed E-state index contributed by atoms with van der Waals surface area (Å²) in [5, 5.41) is 9.31. The van der Waals surface area contributed by atoms with Crippen LogP contribution in [0.3, 0.4) is 0 Å². The minimum Gasteiger partial charge on any atom is -0.494 e. The molecule has 1 heterocycles. The van der Waals surface area contributed by atoms with Crippen molar-refractivity contribution in [2.75, 3.05) is 12.4 Å². The Hall–Kier alpha value is -4.11. The number of hydrogen-bond acceptors (Lipinski definition) is 6. The summed E-state index contributed by atoms with van der Waals surface area (Å²) in [6, 6.07) is 24.3. The molecule has 0 bridgehead atoms. The van der Waals surface area contributed by atoms with E-state index >= 15 is 0 Å². The van der Waals surface area contributed by atoms with Gasteiger partial charge in [0.2, 0.25) is 5.91 Å². The molecule has 4 rings (SSSR count). The highest BCUT2D eigenvalue weighted by molar-refractivity contribution is 7.99. The summed E-state index contributed by atoms with van der Waals surface area (Å²) in [7, 11) is 0. The van der Waals surface area contributed by atoms with Crippen molar-refractivity contribution < 1.29 is 14.3 Å². The molecular weight excluding hydrogens is 462 g/mol. The molecule has 9 heteroatoms. The van der Waals surface area contributed by atoms with Gasteiger partial charge in [-0.05, 0) is 56.3 Å². The maximum absolute atomic E-state index is 12.4. The molecule has 0 atom stereocenters. The van der Waals surface area contributed by atoms with E-state index in [0.29, 0.717) is 23.2 Å². The predicted molar refractivity (Wildman–Crippen MR) is 135 cm³/mol. The lowest BCUT2D eigenvalue weighted by Crippen LogP contribution is -2.42. The van der Waals surface area contributed by atoms with Crippen molar-refractivity contribution in [3.8, 4) is 22.8 Å². The Morgan fingerprint density at radius 1 is 0.943 bits per heavy atom. The van der Waals surface area contributed by atoms with Crippen molar-refractivity contribution in [3.63, 3.8) is 0 Å². The van der Waals surface area contributed by atoms with E-state index in [1.165, 1.54) is 11.8 Å². The van der Waals surface area contributed by atoms with E-state index in [-0.39, 0.29) is 17.6 Å². The van der Waals surface area contributed by atoms with E-state index < -0.39 is 0 Å². The number of rotatable bonds is 8. The molecule has 178 valence electrons. The van der Waals surface area contributed by atoms with Gasteiger partial charge in [-0.1, -0.05) is 53.7 Å². The minimum absolute atomic E-state index is 0.0397. The molecule has 2 N–H and O–H groups in total. The maximum atomic E-state index is 12.4. The molecule has 0 spiro atoms. The Morgan fingerprint density at radius 3 is 2.43 bits per heavy atom. The van der Waals surface area contributed by atoms with Gasteiger partial charge in [0.15, 0.2) is 11.0 Å². The monoisotopic (exact) mass is 487 g/mol. The van der Waals surface area contributed by atoms with Crippen LogP contribution in [-0.4, -0.2) is 38.9 Å². The lowest BCUT2D eigenvalue weighted by Gasteiger charge is -2.12. The SMILES string of the molecule is CCOc1ccc(-n2c(SCC(=O)NNC(=O)c3ccccc3)nnc2-c2cccc(C)c2)cc1. The zero-order valence-corrected chi connectivity index (χ0v) is 20.2. The van der Waals surface area contributed by atoms with Gasteiger partial charge in [-0.3, -0.25) is 25.0 Å². The van der Waals surface area contributed by atoms with Gasteiger partial charge in [0.1, 0.15) is 5.75 Å². The molecule has 3 aromatic carbocycles. The van der Waals surface area contributed by atoms with Crippen molar-refractivity contribution in [1.82, 2.24) is 25.6 Å². The summed E-state index contributed by atoms with van der Waals surface area (Å²) in [5.74, 6) is 0.723. The summed E-state index contributed by atoms with van der Waals surface area (Å²) in [6.07, 6.45) is 0. The number of carbonyl (C=O) groups is 2. The maximum Gasteiger partial charge on any atom is 0.269 e. The number of hydrazine groups is 1. The summed E-state index contributed by atoms with van der Waals surface area (Å²) >= 11 is 1.23. The second-order valence-electron chi connectivity index (χ2n) is 7.59. The molecule has 0 aliphatic heterocycles. The molecule has 4 aromatic rings. The number of ether oxygens (including phenoxy) is 1. The van der Waals surface area contributed by atoms with Crippen molar-refractivity contribution in [2.24, 2.45) is 0 Å². The Labute approximate surface area is 207 Å². The fourth-order valence-electron chi connectivity index (χ4n) is 3.38. The van der Waals surface area contributed by atoms with Crippen LogP contribution in [0.4, 0.5) is 0 Å². The highest BCUT2D eigenvalue weighted by Gasteiger charge is 2.18. The predicted octanol–water partition coefficient (Wildman–Crippen LogP) is 4.19. The van der Waals surface area contributed by atoms with E-state index in [9.17, 15) is 9.59 Å². The Morgan fingerprint density at radius 2 is 1.71 bits per heavy atom. The van der Waals surface area contributed by atoms with Gasteiger partial charge in [-0.2, -0.15) is 0 Å². The van der Waals surface area contributed by atoms with E-state index in [2.05, 4.69) is 21.0 Å². The molecule has 1 aromatic heterocycles. The smallest absolute Gasteiger partial charge is 0.269 e. The number of hydrogen-bond donors (Lipinski definition) is 2. The van der Waals surface area contributed by atoms with Gasteiger partial charge in [-0.15, -0.1) is 10.2 Å². The summed E-state index contributed by atoms with van der Waals surface area (Å²) in [4.78, 5) is 24.6. The Kier molecular flexibility index (Phi) is 7.79. The van der Waals surface area contributed by atoms with Gasteiger partial charge < -0.3 is 4.74 Å². The molecule has 0 fully saturated rings. The first-order chi connectivity index (χ1) is 17.0. The normalized spacial score (nSPS) is 10.6. The van der Waals surface area contributed by atoms with Crippen LogP contribution in [0.5, 0.6) is 5.75 Å². The third-order valence-corrected chi connectivity index (χ3v) is 5.93. The molecule has 8 nitrogen and oxygen atoms in total. The molecule has 0 aliphatic rings. The van der Waals surface area contributed by atoms with Crippen LogP contribution in [0.2, 0.25) is 0 Å². The number of nitrogens with one attached hydrogen (secondary N) is 2. The van der Waals surface area contributed by atoms with Crippen LogP contribution in [0.15, 0.2) is 84.0 Å². The third-order valence-electron chi connectivity index (χ3n) is 5.00. The quantitative estimate of drug-likeness (QED) is 0.286. The summed E-state index contributed by atoms with van der Waals surface area (Å²) in [5.41, 5.74) is 8.19. The number of thioether (sulfide) groups is 1. The first-order valence-corrected chi connectivity index (χ1v) is 12.1. The Bertz CT molecular complexity index is 1310. The molecule has 0 saturated carbocycles. The molecule has 0 aliphatic carbocycles. The fraction of sp³-hybridized carbons (Fsp3) is 0.154. The van der Waals surface area contributed by atoms with E-state index in [0.717, 1.165) is 22.6 Å². The van der Waals surface area contributed by atoms with Crippen molar-refractivity contribution in [2.45, 2.75) is 19.0 Å². The number of nitrogens with zero attached hydrogens (tertiary/aromatic N) is 3. The Balaban J connectivity index is 1.52. The molecule has 35 heavy (non-hydrogen) atoms. The summed E-state index contributed by atoms with van der Waals surface area (Å²) < 4.78 is 7.47. The number of aromatic nitrogens is 3. The van der Waals surface area contributed by atoms with E-state index in [4.69, 9.17) is 4.74 Å². The molecule has 0 radical (unpaired) electrons. The highest BCUT2D eigenvalue weighted by atomic mass is 32.2. The largest absolute Gasteiger partial charge is 0.494 e. The van der Waals surface area contributed by atoms with Gasteiger partial charge >= 0.3 is 0 Å². The van der Waals surface area contributed by atoms with Crippen molar-refractivity contribution in [3.05, 3.63) is 90.0 Å². The molecule has 0 saturated heterocycles. The van der Waals surface area contributed by atoms with Gasteiger partial charge in [0.25, 0.3) is 5.91 Å². The van der Waals surface area contributed by atoms with Crippen LogP contribution in [0.1, 0.15) is 22.8 Å². The second-order valence-corrected chi connectivity index (χ2v) is 8.54. The zero-order valence-electron chi connectivity index (χ0n) is 19.4. The van der Waals surface area contributed by atoms with Gasteiger partial charge in [0, 0.05) is 16.8 Å². The lowest BCUT2D eigenvalue weighted by molar-refractivity contribution is -0.119. The highest BCUT2D eigenvalue weighted by Crippen LogP contribution is 2.29. The number of carbonyl (C=O) groups excluding carboxylic acids is 2. The average molecular weight is 488 g/mol. The van der Waals surface area contributed by atoms with Crippen molar-refractivity contribution in [1.29, 1.82) is 0 Å². The molecule has 2 amide bonds. The number of aryl methyl sites for hydroxylation is 1. The van der Waals surface area contributed by atoms with Gasteiger partial charge in [-0.25, -0.2) is 0 Å². The first-order valence-electron chi connectivity index (χ1n) is 11.1. The van der Waals surface area contributed by atoms with E-state index in [1.807, 2.05) is 73.0 Å². The molecular formula is C26H25N5O3S. The fourth-order valence-corrected chi connectivity index (χ4v) is 4.13. The minimum atomic E-state index is -0.386. The molecule has 0 unspecified atom stereocenters. The second kappa shape index (κ2) is 11.3. The average Bonchev–Trinajstić information content (AvgIpc) is 3.31. The third kappa shape index (κ3) is 6.07. The van der Waals surface area contributed by atoms with Crippen LogP contribution in [0, 0.1) is 6.92 Å². The number of amides is 2. The van der Waals surface area contributed by atoms with Crippen LogP contribution in [-0.2, 0) is 4.79 Å².